The van der Waals surface area contributed by atoms with Gasteiger partial charge < -0.3 is 10.4 Å². The van der Waals surface area contributed by atoms with E-state index < -0.39 is 14.0 Å². The third kappa shape index (κ3) is 9.77. The summed E-state index contributed by atoms with van der Waals surface area (Å²) in [6, 6.07) is 8.46. The Morgan fingerprint density at radius 3 is 1.79 bits per heavy atom. The van der Waals surface area contributed by atoms with Crippen LogP contribution in [0.2, 0.25) is 24.2 Å². The van der Waals surface area contributed by atoms with Crippen molar-refractivity contribution < 1.29 is 9.90 Å². The smallest absolute Gasteiger partial charge is 0.335 e. The van der Waals surface area contributed by atoms with Crippen molar-refractivity contribution in [3.63, 3.8) is 0 Å². The molecule has 0 spiro atoms. The van der Waals surface area contributed by atoms with Gasteiger partial charge in [0, 0.05) is 12.2 Å². The standard InChI is InChI=1S/C24H43NO2Si/c1-24(2,3)28(4,5)20-14-12-10-8-6-7-9-11-13-19-25-22-17-15-21(16-18-22)23(26)27/h15-18,25H,6-14,19-20H2,1-5H3,(H,26,27). The van der Waals surface area contributed by atoms with Crippen LogP contribution < -0.4 is 5.32 Å². The number of hydrogen-bond donors (Lipinski definition) is 2. The van der Waals surface area contributed by atoms with E-state index in [-0.39, 0.29) is 0 Å². The summed E-state index contributed by atoms with van der Waals surface area (Å²) in [4.78, 5) is 10.8. The minimum atomic E-state index is -1.06. The maximum absolute atomic E-state index is 10.8. The minimum Gasteiger partial charge on any atom is -0.478 e. The fraction of sp³-hybridized carbons (Fsp3) is 0.708. The first-order valence-electron chi connectivity index (χ1n) is 11.2. The molecule has 0 aliphatic carbocycles. The van der Waals surface area contributed by atoms with Crippen LogP contribution in [-0.4, -0.2) is 25.7 Å². The first kappa shape index (κ1) is 24.7. The van der Waals surface area contributed by atoms with Crippen molar-refractivity contribution in [3.05, 3.63) is 29.8 Å². The SMILES string of the molecule is CC(C)(C)[Si](C)(C)CCCCCCCCCCCNc1ccc(C(=O)O)cc1. The second-order valence-electron chi connectivity index (χ2n) is 9.88. The van der Waals surface area contributed by atoms with Gasteiger partial charge in [0.25, 0.3) is 0 Å². The normalized spacial score (nSPS) is 12.2. The summed E-state index contributed by atoms with van der Waals surface area (Å²) in [5, 5.41) is 12.8. The molecule has 1 aromatic rings. The zero-order valence-corrected chi connectivity index (χ0v) is 19.9. The van der Waals surface area contributed by atoms with Crippen LogP contribution in [0, 0.1) is 0 Å². The van der Waals surface area contributed by atoms with Crippen LogP contribution in [0.25, 0.3) is 0 Å². The maximum atomic E-state index is 10.8. The number of aromatic carboxylic acids is 1. The molecule has 4 heteroatoms. The number of carboxylic acids is 1. The van der Waals surface area contributed by atoms with Gasteiger partial charge in [-0.15, -0.1) is 0 Å². The molecule has 0 amide bonds. The summed E-state index contributed by atoms with van der Waals surface area (Å²) in [5.41, 5.74) is 1.34. The van der Waals surface area contributed by atoms with Crippen LogP contribution in [0.5, 0.6) is 0 Å². The predicted molar refractivity (Wildman–Crippen MR) is 125 cm³/mol. The first-order chi connectivity index (χ1) is 13.1. The molecule has 0 bridgehead atoms. The summed E-state index contributed by atoms with van der Waals surface area (Å²) in [6.45, 7) is 13.3. The van der Waals surface area contributed by atoms with E-state index >= 15 is 0 Å². The van der Waals surface area contributed by atoms with Crippen molar-refractivity contribution in [2.45, 2.75) is 103 Å². The Morgan fingerprint density at radius 2 is 1.32 bits per heavy atom. The van der Waals surface area contributed by atoms with E-state index in [0.29, 0.717) is 10.6 Å². The molecule has 3 nitrogen and oxygen atoms in total. The van der Waals surface area contributed by atoms with E-state index in [2.05, 4.69) is 39.2 Å². The van der Waals surface area contributed by atoms with Crippen molar-refractivity contribution in [3.8, 4) is 0 Å². The lowest BCUT2D eigenvalue weighted by atomic mass is 10.1. The molecular weight excluding hydrogens is 362 g/mol. The topological polar surface area (TPSA) is 49.3 Å². The Balaban J connectivity index is 1.93. The highest BCUT2D eigenvalue weighted by Crippen LogP contribution is 2.39. The van der Waals surface area contributed by atoms with Crippen molar-refractivity contribution in [2.75, 3.05) is 11.9 Å². The average molecular weight is 406 g/mol. The van der Waals surface area contributed by atoms with Crippen LogP contribution in [0.4, 0.5) is 5.69 Å². The van der Waals surface area contributed by atoms with Crippen molar-refractivity contribution >= 4 is 19.7 Å². The second kappa shape index (κ2) is 12.3. The van der Waals surface area contributed by atoms with Gasteiger partial charge in [-0.3, -0.25) is 0 Å². The fourth-order valence-electron chi connectivity index (χ4n) is 3.27. The van der Waals surface area contributed by atoms with Gasteiger partial charge in [0.15, 0.2) is 0 Å². The molecule has 0 aliphatic heterocycles. The number of carbonyl (C=O) groups is 1. The Morgan fingerprint density at radius 1 is 0.857 bits per heavy atom. The Kier molecular flexibility index (Phi) is 10.9. The molecule has 28 heavy (non-hydrogen) atoms. The molecule has 1 aromatic carbocycles. The number of nitrogens with one attached hydrogen (secondary N) is 1. The number of hydrogen-bond acceptors (Lipinski definition) is 2. The maximum Gasteiger partial charge on any atom is 0.335 e. The monoisotopic (exact) mass is 405 g/mol. The van der Waals surface area contributed by atoms with Gasteiger partial charge in [0.05, 0.1) is 13.6 Å². The van der Waals surface area contributed by atoms with E-state index in [0.717, 1.165) is 12.2 Å². The molecule has 0 aromatic heterocycles. The number of carboxylic acid groups (broad SMARTS) is 1. The van der Waals surface area contributed by atoms with Crippen LogP contribution in [0.15, 0.2) is 24.3 Å². The van der Waals surface area contributed by atoms with Crippen LogP contribution in [0.3, 0.4) is 0 Å². The van der Waals surface area contributed by atoms with Crippen LogP contribution in [-0.2, 0) is 0 Å². The van der Waals surface area contributed by atoms with Gasteiger partial charge in [-0.1, -0.05) is 91.3 Å². The van der Waals surface area contributed by atoms with Gasteiger partial charge in [-0.25, -0.2) is 4.79 Å². The Labute approximate surface area is 174 Å². The average Bonchev–Trinajstić information content (AvgIpc) is 2.62. The van der Waals surface area contributed by atoms with E-state index in [4.69, 9.17) is 5.11 Å². The van der Waals surface area contributed by atoms with Gasteiger partial charge >= 0.3 is 5.97 Å². The number of anilines is 1. The summed E-state index contributed by atoms with van der Waals surface area (Å²) in [7, 11) is -1.06. The molecule has 0 unspecified atom stereocenters. The molecule has 0 fully saturated rings. The Bertz CT molecular complexity index is 561. The summed E-state index contributed by atoms with van der Waals surface area (Å²) in [5.74, 6) is -0.873. The molecule has 0 aliphatic rings. The van der Waals surface area contributed by atoms with Crippen molar-refractivity contribution in [1.29, 1.82) is 0 Å². The predicted octanol–water partition coefficient (Wildman–Crippen LogP) is 7.82. The zero-order valence-electron chi connectivity index (χ0n) is 18.9. The highest BCUT2D eigenvalue weighted by atomic mass is 28.3. The van der Waals surface area contributed by atoms with Gasteiger partial charge in [-0.05, 0) is 35.7 Å². The third-order valence-corrected chi connectivity index (χ3v) is 12.1. The molecule has 0 heterocycles. The van der Waals surface area contributed by atoms with E-state index in [1.54, 1.807) is 12.1 Å². The zero-order chi connectivity index (χ0) is 21.0. The van der Waals surface area contributed by atoms with Crippen LogP contribution >= 0.6 is 0 Å². The quantitative estimate of drug-likeness (QED) is 0.245. The van der Waals surface area contributed by atoms with E-state index in [9.17, 15) is 4.79 Å². The molecule has 0 saturated carbocycles. The third-order valence-electron chi connectivity index (χ3n) is 6.47. The van der Waals surface area contributed by atoms with E-state index in [1.807, 2.05) is 12.1 Å². The fourth-order valence-corrected chi connectivity index (χ4v) is 5.15. The lowest BCUT2D eigenvalue weighted by Gasteiger charge is -2.37. The minimum absolute atomic E-state index is 0.338. The molecule has 0 atom stereocenters. The largest absolute Gasteiger partial charge is 0.478 e. The summed E-state index contributed by atoms with van der Waals surface area (Å²) < 4.78 is 0. The van der Waals surface area contributed by atoms with Gasteiger partial charge in [0.1, 0.15) is 0 Å². The molecule has 0 saturated heterocycles. The molecular formula is C24H43NO2Si. The highest BCUT2D eigenvalue weighted by molar-refractivity contribution is 6.80. The van der Waals surface area contributed by atoms with Gasteiger partial charge in [0.2, 0.25) is 0 Å². The molecule has 2 N–H and O–H groups in total. The van der Waals surface area contributed by atoms with Gasteiger partial charge in [-0.2, -0.15) is 0 Å². The lowest BCUT2D eigenvalue weighted by molar-refractivity contribution is 0.0697. The van der Waals surface area contributed by atoms with Crippen molar-refractivity contribution in [1.82, 2.24) is 0 Å². The highest BCUT2D eigenvalue weighted by Gasteiger charge is 2.33. The van der Waals surface area contributed by atoms with Crippen LogP contribution in [0.1, 0.15) is 88.9 Å². The number of unbranched alkanes of at least 4 members (excludes halogenated alkanes) is 8. The summed E-state index contributed by atoms with van der Waals surface area (Å²) >= 11 is 0. The van der Waals surface area contributed by atoms with Crippen molar-refractivity contribution in [2.24, 2.45) is 0 Å². The molecule has 0 radical (unpaired) electrons. The number of rotatable bonds is 14. The molecule has 160 valence electrons. The van der Waals surface area contributed by atoms with E-state index in [1.165, 1.54) is 63.8 Å². The number of benzene rings is 1. The Hall–Kier alpha value is -1.29. The second-order valence-corrected chi connectivity index (χ2v) is 15.6. The lowest BCUT2D eigenvalue weighted by Crippen LogP contribution is -2.36. The molecule has 1 rings (SSSR count). The first-order valence-corrected chi connectivity index (χ1v) is 14.4. The summed E-state index contributed by atoms with van der Waals surface area (Å²) in [6.07, 6.45) is 12.1.